The molecule has 0 aromatic heterocycles. The van der Waals surface area contributed by atoms with Gasteiger partial charge in [-0.2, -0.15) is 0 Å². The minimum Gasteiger partial charge on any atom is -0.331 e. The summed E-state index contributed by atoms with van der Waals surface area (Å²) in [7, 11) is 5.07. The molecule has 0 radical (unpaired) electrons. The molecule has 4 nitrogen and oxygen atoms in total. The van der Waals surface area contributed by atoms with Crippen LogP contribution in [0, 0.1) is 0 Å². The van der Waals surface area contributed by atoms with Crippen molar-refractivity contribution in [3.63, 3.8) is 0 Å². The Morgan fingerprint density at radius 2 is 1.32 bits per heavy atom. The van der Waals surface area contributed by atoms with E-state index in [1.54, 1.807) is 11.4 Å². The van der Waals surface area contributed by atoms with Crippen molar-refractivity contribution in [1.29, 1.82) is 0 Å². The van der Waals surface area contributed by atoms with Gasteiger partial charge in [0, 0.05) is 20.0 Å². The van der Waals surface area contributed by atoms with Crippen molar-refractivity contribution in [2.45, 2.75) is 64.7 Å². The maximum atomic E-state index is 12.2. The number of unbranched alkanes of at least 4 members (excludes halogenated alkanes) is 7. The maximum Gasteiger partial charge on any atom is 0.213 e. The molecule has 0 spiro atoms. The van der Waals surface area contributed by atoms with Gasteiger partial charge in [0.2, 0.25) is 10.0 Å². The Morgan fingerprint density at radius 1 is 0.818 bits per heavy atom. The van der Waals surface area contributed by atoms with E-state index in [4.69, 9.17) is 0 Å². The normalized spacial score (nSPS) is 13.0. The van der Waals surface area contributed by atoms with Gasteiger partial charge in [0.05, 0.1) is 33.4 Å². The second-order valence-corrected chi connectivity index (χ2v) is 9.68. The molecule has 0 aromatic rings. The lowest BCUT2D eigenvalue weighted by molar-refractivity contribution is -0.870. The first-order chi connectivity index (χ1) is 10.2. The highest BCUT2D eigenvalue weighted by Gasteiger charge is 2.18. The standard InChI is InChI=1S/C17H39N2O2S/c1-6-7-8-9-10-11-12-13-17-22(20,21)18(2)15-14-16-19(3,4)5/h6-17H2,1-5H3/q+1. The molecule has 0 aliphatic rings. The fourth-order valence-corrected chi connectivity index (χ4v) is 3.77. The Kier molecular flexibility index (Phi) is 11.3. The van der Waals surface area contributed by atoms with Crippen LogP contribution >= 0.6 is 0 Å². The second-order valence-electron chi connectivity index (χ2n) is 7.48. The van der Waals surface area contributed by atoms with Crippen molar-refractivity contribution in [2.24, 2.45) is 0 Å². The lowest BCUT2D eigenvalue weighted by Crippen LogP contribution is -2.38. The first-order valence-corrected chi connectivity index (χ1v) is 10.5. The van der Waals surface area contributed by atoms with E-state index >= 15 is 0 Å². The summed E-state index contributed by atoms with van der Waals surface area (Å²) in [4.78, 5) is 0. The third-order valence-electron chi connectivity index (χ3n) is 4.03. The average Bonchev–Trinajstić information content (AvgIpc) is 2.40. The number of hydrogen-bond donors (Lipinski definition) is 0. The van der Waals surface area contributed by atoms with Crippen molar-refractivity contribution < 1.29 is 12.9 Å². The molecule has 22 heavy (non-hydrogen) atoms. The molecule has 0 aromatic carbocycles. The predicted molar refractivity (Wildman–Crippen MR) is 96.5 cm³/mol. The van der Waals surface area contributed by atoms with E-state index in [1.165, 1.54) is 38.5 Å². The maximum absolute atomic E-state index is 12.2. The number of hydrogen-bond acceptors (Lipinski definition) is 2. The quantitative estimate of drug-likeness (QED) is 0.360. The molecular formula is C17H39N2O2S+. The highest BCUT2D eigenvalue weighted by molar-refractivity contribution is 7.89. The number of quaternary nitrogens is 1. The fraction of sp³-hybridized carbons (Fsp3) is 1.00. The minimum absolute atomic E-state index is 0.308. The van der Waals surface area contributed by atoms with Gasteiger partial charge in [0.1, 0.15) is 0 Å². The van der Waals surface area contributed by atoms with E-state index in [2.05, 4.69) is 28.1 Å². The van der Waals surface area contributed by atoms with Gasteiger partial charge in [-0.1, -0.05) is 51.9 Å². The Hall–Kier alpha value is -0.130. The second kappa shape index (κ2) is 11.4. The Bertz CT molecular complexity index is 361. The smallest absolute Gasteiger partial charge is 0.213 e. The summed E-state index contributed by atoms with van der Waals surface area (Å²) in [6.45, 7) is 3.86. The molecule has 0 N–H and O–H groups in total. The summed E-state index contributed by atoms with van der Waals surface area (Å²) in [5.41, 5.74) is 0. The molecule has 0 saturated heterocycles. The van der Waals surface area contributed by atoms with Crippen molar-refractivity contribution in [2.75, 3.05) is 47.0 Å². The topological polar surface area (TPSA) is 37.4 Å². The molecule has 0 amide bonds. The van der Waals surface area contributed by atoms with Crippen molar-refractivity contribution in [1.82, 2.24) is 4.31 Å². The van der Waals surface area contributed by atoms with E-state index in [9.17, 15) is 8.42 Å². The van der Waals surface area contributed by atoms with Gasteiger partial charge in [0.15, 0.2) is 0 Å². The third-order valence-corrected chi connectivity index (χ3v) is 5.97. The highest BCUT2D eigenvalue weighted by Crippen LogP contribution is 2.10. The van der Waals surface area contributed by atoms with Crippen molar-refractivity contribution >= 4 is 10.0 Å². The van der Waals surface area contributed by atoms with Crippen LogP contribution in [-0.4, -0.2) is 64.2 Å². The molecule has 0 fully saturated rings. The van der Waals surface area contributed by atoms with Gasteiger partial charge in [-0.05, 0) is 6.42 Å². The molecule has 5 heteroatoms. The summed E-state index contributed by atoms with van der Waals surface area (Å²) in [6.07, 6.45) is 10.4. The SMILES string of the molecule is CCCCCCCCCCS(=O)(=O)N(C)CCC[N+](C)(C)C. The summed E-state index contributed by atoms with van der Waals surface area (Å²) >= 11 is 0. The molecule has 0 bridgehead atoms. The summed E-state index contributed by atoms with van der Waals surface area (Å²) in [6, 6.07) is 0. The van der Waals surface area contributed by atoms with Crippen LogP contribution in [0.2, 0.25) is 0 Å². The molecule has 0 rings (SSSR count). The van der Waals surface area contributed by atoms with Crippen LogP contribution in [0.25, 0.3) is 0 Å². The van der Waals surface area contributed by atoms with Gasteiger partial charge in [-0.15, -0.1) is 0 Å². The van der Waals surface area contributed by atoms with Crippen LogP contribution < -0.4 is 0 Å². The molecule has 0 aliphatic heterocycles. The summed E-state index contributed by atoms with van der Waals surface area (Å²) in [5.74, 6) is 0.308. The minimum atomic E-state index is -3.05. The fourth-order valence-electron chi connectivity index (χ4n) is 2.48. The van der Waals surface area contributed by atoms with E-state index in [0.29, 0.717) is 12.3 Å². The first kappa shape index (κ1) is 21.9. The number of rotatable bonds is 14. The predicted octanol–water partition coefficient (Wildman–Crippen LogP) is 3.49. The van der Waals surface area contributed by atoms with E-state index < -0.39 is 10.0 Å². The molecule has 0 heterocycles. The monoisotopic (exact) mass is 335 g/mol. The van der Waals surface area contributed by atoms with Crippen LogP contribution in [-0.2, 0) is 10.0 Å². The first-order valence-electron chi connectivity index (χ1n) is 8.93. The molecular weight excluding hydrogens is 296 g/mol. The van der Waals surface area contributed by atoms with Gasteiger partial charge in [0.25, 0.3) is 0 Å². The van der Waals surface area contributed by atoms with Gasteiger partial charge in [-0.3, -0.25) is 0 Å². The van der Waals surface area contributed by atoms with E-state index in [1.807, 2.05) is 0 Å². The zero-order chi connectivity index (χ0) is 17.1. The van der Waals surface area contributed by atoms with Crippen molar-refractivity contribution in [3.8, 4) is 0 Å². The van der Waals surface area contributed by atoms with Gasteiger partial charge < -0.3 is 4.48 Å². The zero-order valence-corrected chi connectivity index (χ0v) is 16.4. The van der Waals surface area contributed by atoms with Crippen LogP contribution in [0.1, 0.15) is 64.7 Å². The van der Waals surface area contributed by atoms with E-state index in [-0.39, 0.29) is 0 Å². The van der Waals surface area contributed by atoms with Gasteiger partial charge >= 0.3 is 0 Å². The molecule has 0 saturated carbocycles. The third kappa shape index (κ3) is 12.4. The molecule has 0 atom stereocenters. The van der Waals surface area contributed by atoms with Crippen LogP contribution in [0.3, 0.4) is 0 Å². The molecule has 0 unspecified atom stereocenters. The number of sulfonamides is 1. The van der Waals surface area contributed by atoms with Crippen molar-refractivity contribution in [3.05, 3.63) is 0 Å². The highest BCUT2D eigenvalue weighted by atomic mass is 32.2. The summed E-state index contributed by atoms with van der Waals surface area (Å²) in [5, 5.41) is 0. The Labute approximate surface area is 139 Å². The lowest BCUT2D eigenvalue weighted by Gasteiger charge is -2.25. The van der Waals surface area contributed by atoms with E-state index in [0.717, 1.165) is 30.3 Å². The average molecular weight is 336 g/mol. The van der Waals surface area contributed by atoms with Crippen LogP contribution in [0.4, 0.5) is 0 Å². The van der Waals surface area contributed by atoms with Crippen LogP contribution in [0.15, 0.2) is 0 Å². The molecule has 0 aliphatic carbocycles. The molecule has 134 valence electrons. The zero-order valence-electron chi connectivity index (χ0n) is 15.6. The lowest BCUT2D eigenvalue weighted by atomic mass is 10.1. The van der Waals surface area contributed by atoms with Gasteiger partial charge in [-0.25, -0.2) is 12.7 Å². The largest absolute Gasteiger partial charge is 0.331 e. The number of nitrogens with zero attached hydrogens (tertiary/aromatic N) is 2. The Morgan fingerprint density at radius 3 is 1.82 bits per heavy atom. The van der Waals surface area contributed by atoms with Crippen LogP contribution in [0.5, 0.6) is 0 Å². The Balaban J connectivity index is 3.75. The summed E-state index contributed by atoms with van der Waals surface area (Å²) < 4.78 is 26.8.